The van der Waals surface area contributed by atoms with E-state index in [-0.39, 0.29) is 17.0 Å². The standard InChI is InChI=1S/C17H26N2O3S.C2HF3O2/c1-13(2)7-10-19-11-8-14-15(9-12-19)22-16-5-3-4-6-17(16)23(20,21)18-14;3-2(4,5)1(6)7/h3-6,13-15,18H,7-12H2,1-2H3;(H,6,7)/t14-,15-;/m0./s1. The number of para-hydroxylation sites is 1. The third kappa shape index (κ3) is 6.85. The minimum atomic E-state index is -5.08. The van der Waals surface area contributed by atoms with Crippen LogP contribution in [-0.2, 0) is 14.8 Å². The Morgan fingerprint density at radius 1 is 1.27 bits per heavy atom. The third-order valence-electron chi connectivity index (χ3n) is 4.92. The number of hydrogen-bond donors (Lipinski definition) is 2. The number of carbonyl (C=O) groups is 1. The van der Waals surface area contributed by atoms with E-state index in [2.05, 4.69) is 23.5 Å². The highest BCUT2D eigenvalue weighted by Crippen LogP contribution is 2.31. The lowest BCUT2D eigenvalue weighted by molar-refractivity contribution is -0.192. The molecule has 0 spiro atoms. The van der Waals surface area contributed by atoms with Crippen molar-refractivity contribution in [1.29, 1.82) is 0 Å². The number of rotatable bonds is 3. The molecule has 0 aliphatic carbocycles. The summed E-state index contributed by atoms with van der Waals surface area (Å²) in [7, 11) is -3.50. The van der Waals surface area contributed by atoms with Gasteiger partial charge in [0.2, 0.25) is 10.0 Å². The molecule has 2 aliphatic heterocycles. The first-order valence-corrected chi connectivity index (χ1v) is 11.2. The molecule has 11 heteroatoms. The molecule has 2 atom stereocenters. The van der Waals surface area contributed by atoms with Crippen molar-refractivity contribution in [3.05, 3.63) is 24.3 Å². The molecular weight excluding hydrogens is 425 g/mol. The number of nitrogens with zero attached hydrogens (tertiary/aromatic N) is 1. The molecule has 1 aromatic carbocycles. The fourth-order valence-electron chi connectivity index (χ4n) is 3.27. The van der Waals surface area contributed by atoms with Crippen LogP contribution in [0.5, 0.6) is 5.75 Å². The van der Waals surface area contributed by atoms with Crippen molar-refractivity contribution in [3.63, 3.8) is 0 Å². The number of ether oxygens (including phenoxy) is 1. The Hall–Kier alpha value is -1.85. The molecule has 1 saturated heterocycles. The lowest BCUT2D eigenvalue weighted by Gasteiger charge is -2.22. The van der Waals surface area contributed by atoms with E-state index >= 15 is 0 Å². The van der Waals surface area contributed by atoms with Gasteiger partial charge in [0.1, 0.15) is 16.7 Å². The number of carboxylic acids is 1. The van der Waals surface area contributed by atoms with Gasteiger partial charge in [0.25, 0.3) is 0 Å². The zero-order chi connectivity index (χ0) is 22.5. The summed E-state index contributed by atoms with van der Waals surface area (Å²) in [4.78, 5) is 11.6. The zero-order valence-corrected chi connectivity index (χ0v) is 17.7. The predicted molar refractivity (Wildman–Crippen MR) is 104 cm³/mol. The van der Waals surface area contributed by atoms with Crippen LogP contribution in [0.3, 0.4) is 0 Å². The molecule has 0 radical (unpaired) electrons. The second-order valence-corrected chi connectivity index (χ2v) is 9.42. The number of alkyl halides is 3. The molecule has 3 rings (SSSR count). The maximum Gasteiger partial charge on any atom is 0.490 e. The Morgan fingerprint density at radius 2 is 1.87 bits per heavy atom. The van der Waals surface area contributed by atoms with Crippen LogP contribution in [0.2, 0.25) is 0 Å². The Labute approximate surface area is 174 Å². The fraction of sp³-hybridized carbons (Fsp3) is 0.632. The number of hydrogen-bond acceptors (Lipinski definition) is 5. The zero-order valence-electron chi connectivity index (χ0n) is 16.9. The molecule has 7 nitrogen and oxygen atoms in total. The highest BCUT2D eigenvalue weighted by atomic mass is 32.2. The molecular formula is C19H27F3N2O5S. The molecule has 2 N–H and O–H groups in total. The first-order chi connectivity index (χ1) is 13.9. The quantitative estimate of drug-likeness (QED) is 0.732. The number of halogens is 3. The van der Waals surface area contributed by atoms with Crippen molar-refractivity contribution in [3.8, 4) is 5.75 Å². The first-order valence-electron chi connectivity index (χ1n) is 9.70. The Balaban J connectivity index is 0.000000396. The summed E-state index contributed by atoms with van der Waals surface area (Å²) in [6.07, 6.45) is -2.38. The van der Waals surface area contributed by atoms with Crippen LogP contribution >= 0.6 is 0 Å². The number of aliphatic carboxylic acids is 1. The van der Waals surface area contributed by atoms with Gasteiger partial charge in [-0.15, -0.1) is 0 Å². The molecule has 0 bridgehead atoms. The monoisotopic (exact) mass is 452 g/mol. The van der Waals surface area contributed by atoms with Crippen molar-refractivity contribution in [1.82, 2.24) is 9.62 Å². The van der Waals surface area contributed by atoms with Gasteiger partial charge in [-0.25, -0.2) is 17.9 Å². The SMILES string of the molecule is CC(C)CCN1CC[C@@H]2NS(=O)(=O)c3ccccc3O[C@H]2CC1.O=C(O)C(F)(F)F. The average Bonchev–Trinajstić information content (AvgIpc) is 2.88. The van der Waals surface area contributed by atoms with Gasteiger partial charge in [-0.2, -0.15) is 13.2 Å². The molecule has 2 aliphatic rings. The molecule has 1 fully saturated rings. The van der Waals surface area contributed by atoms with Crippen molar-refractivity contribution in [2.24, 2.45) is 5.92 Å². The maximum absolute atomic E-state index is 12.6. The fourth-order valence-corrected chi connectivity index (χ4v) is 4.70. The predicted octanol–water partition coefficient (Wildman–Crippen LogP) is 2.87. The second kappa shape index (κ2) is 9.97. The minimum Gasteiger partial charge on any atom is -0.487 e. The Bertz CT molecular complexity index is 830. The summed E-state index contributed by atoms with van der Waals surface area (Å²) in [5, 5.41) is 7.12. The normalized spacial score (nSPS) is 23.7. The first kappa shape index (κ1) is 24.4. The largest absolute Gasteiger partial charge is 0.490 e. The summed E-state index contributed by atoms with van der Waals surface area (Å²) in [5.41, 5.74) is 0. The lowest BCUT2D eigenvalue weighted by atomic mass is 10.1. The van der Waals surface area contributed by atoms with E-state index in [9.17, 15) is 21.6 Å². The van der Waals surface area contributed by atoms with Crippen LogP contribution in [0.25, 0.3) is 0 Å². The summed E-state index contributed by atoms with van der Waals surface area (Å²) in [5.74, 6) is -1.60. The Morgan fingerprint density at radius 3 is 2.47 bits per heavy atom. The highest BCUT2D eigenvalue weighted by molar-refractivity contribution is 7.89. The average molecular weight is 452 g/mol. The van der Waals surface area contributed by atoms with Crippen molar-refractivity contribution in [2.75, 3.05) is 19.6 Å². The van der Waals surface area contributed by atoms with Crippen LogP contribution < -0.4 is 9.46 Å². The molecule has 2 heterocycles. The van der Waals surface area contributed by atoms with Crippen molar-refractivity contribution in [2.45, 2.75) is 56.3 Å². The van der Waals surface area contributed by atoms with Crippen LogP contribution in [0.4, 0.5) is 13.2 Å². The van der Waals surface area contributed by atoms with Crippen LogP contribution in [0, 0.1) is 5.92 Å². The molecule has 170 valence electrons. The van der Waals surface area contributed by atoms with Gasteiger partial charge in [0.15, 0.2) is 0 Å². The maximum atomic E-state index is 12.6. The highest BCUT2D eigenvalue weighted by Gasteiger charge is 2.38. The van der Waals surface area contributed by atoms with Crippen molar-refractivity contribution >= 4 is 16.0 Å². The Kier molecular flexibility index (Phi) is 8.12. The lowest BCUT2D eigenvalue weighted by Crippen LogP contribution is -2.43. The van der Waals surface area contributed by atoms with E-state index in [0.29, 0.717) is 11.7 Å². The van der Waals surface area contributed by atoms with E-state index in [1.807, 2.05) is 6.07 Å². The topological polar surface area (TPSA) is 95.9 Å². The molecule has 0 unspecified atom stereocenters. The van der Waals surface area contributed by atoms with E-state index in [1.165, 1.54) is 6.42 Å². The van der Waals surface area contributed by atoms with Crippen molar-refractivity contribution < 1.29 is 36.2 Å². The van der Waals surface area contributed by atoms with Gasteiger partial charge < -0.3 is 14.7 Å². The van der Waals surface area contributed by atoms with E-state index in [0.717, 1.165) is 32.5 Å². The van der Waals surface area contributed by atoms with E-state index in [4.69, 9.17) is 14.6 Å². The van der Waals surface area contributed by atoms with Gasteiger partial charge in [-0.05, 0) is 50.4 Å². The number of sulfonamides is 1. The van der Waals surface area contributed by atoms with E-state index < -0.39 is 22.2 Å². The van der Waals surface area contributed by atoms with Gasteiger partial charge in [0.05, 0.1) is 6.04 Å². The van der Waals surface area contributed by atoms with Gasteiger partial charge in [0, 0.05) is 6.54 Å². The molecule has 0 saturated carbocycles. The van der Waals surface area contributed by atoms with Crippen LogP contribution in [0.15, 0.2) is 29.2 Å². The van der Waals surface area contributed by atoms with Crippen LogP contribution in [0.1, 0.15) is 33.1 Å². The smallest absolute Gasteiger partial charge is 0.487 e. The molecule has 1 aromatic rings. The number of nitrogens with one attached hydrogen (secondary N) is 1. The minimum absolute atomic E-state index is 0.0996. The summed E-state index contributed by atoms with van der Waals surface area (Å²) in [6, 6.07) is 6.75. The summed E-state index contributed by atoms with van der Waals surface area (Å²) in [6.45, 7) is 7.40. The van der Waals surface area contributed by atoms with Gasteiger partial charge in [-0.3, -0.25) is 0 Å². The summed E-state index contributed by atoms with van der Waals surface area (Å²) < 4.78 is 65.8. The number of likely N-dealkylation sites (tertiary alicyclic amines) is 1. The number of benzene rings is 1. The third-order valence-corrected chi connectivity index (χ3v) is 6.45. The molecule has 0 aromatic heterocycles. The second-order valence-electron chi connectivity index (χ2n) is 7.74. The summed E-state index contributed by atoms with van der Waals surface area (Å²) >= 11 is 0. The number of fused-ring (bicyclic) bond motifs is 2. The number of carboxylic acid groups (broad SMARTS) is 1. The molecule has 0 amide bonds. The molecule has 30 heavy (non-hydrogen) atoms. The van der Waals surface area contributed by atoms with Crippen LogP contribution in [-0.4, -0.2) is 62.3 Å². The van der Waals surface area contributed by atoms with Gasteiger partial charge >= 0.3 is 12.1 Å². The van der Waals surface area contributed by atoms with Gasteiger partial charge in [-0.1, -0.05) is 26.0 Å². The van der Waals surface area contributed by atoms with E-state index in [1.54, 1.807) is 18.2 Å².